The molecule has 0 aromatic carbocycles. The van der Waals surface area contributed by atoms with Crippen LogP contribution in [0.15, 0.2) is 23.0 Å². The lowest BCUT2D eigenvalue weighted by Gasteiger charge is -2.17. The van der Waals surface area contributed by atoms with Gasteiger partial charge in [-0.25, -0.2) is 0 Å². The maximum atomic E-state index is 12.0. The Morgan fingerprint density at radius 1 is 1.28 bits per heavy atom. The van der Waals surface area contributed by atoms with Crippen molar-refractivity contribution in [1.82, 2.24) is 10.3 Å². The summed E-state index contributed by atoms with van der Waals surface area (Å²) in [5.41, 5.74) is 0.0864. The van der Waals surface area contributed by atoms with Crippen molar-refractivity contribution in [1.29, 1.82) is 0 Å². The molecular weight excluding hydrogens is 228 g/mol. The van der Waals surface area contributed by atoms with Crippen LogP contribution in [0.4, 0.5) is 0 Å². The van der Waals surface area contributed by atoms with Gasteiger partial charge in [-0.3, -0.25) is 9.59 Å². The fraction of sp³-hybridized carbons (Fsp3) is 0.571. The number of aromatic amines is 1. The molecule has 0 radical (unpaired) electrons. The van der Waals surface area contributed by atoms with E-state index in [2.05, 4.69) is 24.1 Å². The summed E-state index contributed by atoms with van der Waals surface area (Å²) >= 11 is 0. The van der Waals surface area contributed by atoms with Gasteiger partial charge < -0.3 is 10.3 Å². The second-order valence-electron chi connectivity index (χ2n) is 4.53. The fourth-order valence-corrected chi connectivity index (χ4v) is 1.93. The molecule has 18 heavy (non-hydrogen) atoms. The van der Waals surface area contributed by atoms with Gasteiger partial charge in [0.15, 0.2) is 0 Å². The number of rotatable bonds is 7. The lowest BCUT2D eigenvalue weighted by Crippen LogP contribution is -2.35. The highest BCUT2D eigenvalue weighted by molar-refractivity contribution is 5.92. The van der Waals surface area contributed by atoms with Crippen molar-refractivity contribution >= 4 is 5.91 Å². The number of amides is 1. The van der Waals surface area contributed by atoms with Crippen molar-refractivity contribution < 1.29 is 4.79 Å². The Morgan fingerprint density at radius 3 is 2.67 bits per heavy atom. The number of hydrogen-bond acceptors (Lipinski definition) is 2. The standard InChI is InChI=1S/C14H22N2O2/c1-3-5-8-11(7-4-2)15-14(18)12-9-6-10-13(17)16-12/h6,9-11H,3-5,7-8H2,1-2H3,(H,15,18)(H,16,17). The van der Waals surface area contributed by atoms with Crippen molar-refractivity contribution in [2.24, 2.45) is 0 Å². The molecule has 1 heterocycles. The third-order valence-corrected chi connectivity index (χ3v) is 2.89. The van der Waals surface area contributed by atoms with E-state index in [0.29, 0.717) is 5.69 Å². The van der Waals surface area contributed by atoms with Gasteiger partial charge in [0.05, 0.1) is 0 Å². The van der Waals surface area contributed by atoms with Crippen LogP contribution in [0.2, 0.25) is 0 Å². The van der Waals surface area contributed by atoms with Gasteiger partial charge in [0.2, 0.25) is 5.56 Å². The van der Waals surface area contributed by atoms with E-state index in [1.54, 1.807) is 12.1 Å². The Hall–Kier alpha value is -1.58. The largest absolute Gasteiger partial charge is 0.348 e. The van der Waals surface area contributed by atoms with Crippen molar-refractivity contribution in [3.63, 3.8) is 0 Å². The first kappa shape index (κ1) is 14.5. The number of aromatic nitrogens is 1. The molecule has 0 saturated heterocycles. The van der Waals surface area contributed by atoms with Gasteiger partial charge in [-0.2, -0.15) is 0 Å². The van der Waals surface area contributed by atoms with Crippen molar-refractivity contribution in [2.45, 2.75) is 52.0 Å². The maximum Gasteiger partial charge on any atom is 0.268 e. The van der Waals surface area contributed by atoms with Gasteiger partial charge in [-0.15, -0.1) is 0 Å². The maximum absolute atomic E-state index is 12.0. The fourth-order valence-electron chi connectivity index (χ4n) is 1.93. The van der Waals surface area contributed by atoms with E-state index in [-0.39, 0.29) is 17.5 Å². The predicted molar refractivity (Wildman–Crippen MR) is 72.7 cm³/mol. The lowest BCUT2D eigenvalue weighted by atomic mass is 10.1. The van der Waals surface area contributed by atoms with Crippen molar-refractivity contribution in [2.75, 3.05) is 0 Å². The molecule has 0 aliphatic heterocycles. The molecule has 0 spiro atoms. The average Bonchev–Trinajstić information content (AvgIpc) is 2.36. The molecule has 0 bridgehead atoms. The molecule has 100 valence electrons. The molecule has 1 aromatic rings. The summed E-state index contributed by atoms with van der Waals surface area (Å²) in [6, 6.07) is 4.82. The third kappa shape index (κ3) is 4.73. The molecule has 0 aliphatic carbocycles. The first-order valence-corrected chi connectivity index (χ1v) is 6.67. The van der Waals surface area contributed by atoms with Gasteiger partial charge in [0.25, 0.3) is 5.91 Å². The highest BCUT2D eigenvalue weighted by atomic mass is 16.2. The third-order valence-electron chi connectivity index (χ3n) is 2.89. The minimum Gasteiger partial charge on any atom is -0.348 e. The van der Waals surface area contributed by atoms with E-state index in [9.17, 15) is 9.59 Å². The van der Waals surface area contributed by atoms with E-state index >= 15 is 0 Å². The summed E-state index contributed by atoms with van der Waals surface area (Å²) in [7, 11) is 0. The molecular formula is C14H22N2O2. The number of carbonyl (C=O) groups excluding carboxylic acids is 1. The topological polar surface area (TPSA) is 62.0 Å². The van der Waals surface area contributed by atoms with Crippen LogP contribution in [-0.4, -0.2) is 16.9 Å². The predicted octanol–water partition coefficient (Wildman–Crippen LogP) is 2.46. The summed E-state index contributed by atoms with van der Waals surface area (Å²) in [5, 5.41) is 2.99. The second kappa shape index (κ2) is 7.69. The first-order chi connectivity index (χ1) is 8.67. The quantitative estimate of drug-likeness (QED) is 0.781. The van der Waals surface area contributed by atoms with Crippen molar-refractivity contribution in [3.8, 4) is 0 Å². The molecule has 1 unspecified atom stereocenters. The van der Waals surface area contributed by atoms with Crippen LogP contribution in [0, 0.1) is 0 Å². The zero-order chi connectivity index (χ0) is 13.4. The van der Waals surface area contributed by atoms with Gasteiger partial charge in [0, 0.05) is 12.1 Å². The van der Waals surface area contributed by atoms with Crippen LogP contribution in [0.3, 0.4) is 0 Å². The number of pyridine rings is 1. The Bertz CT molecular complexity index is 426. The summed E-state index contributed by atoms with van der Waals surface area (Å²) in [6.45, 7) is 4.25. The minimum atomic E-state index is -0.247. The smallest absolute Gasteiger partial charge is 0.268 e. The Morgan fingerprint density at radius 2 is 2.06 bits per heavy atom. The van der Waals surface area contributed by atoms with Crippen molar-refractivity contribution in [3.05, 3.63) is 34.2 Å². The van der Waals surface area contributed by atoms with E-state index in [1.807, 2.05) is 0 Å². The van der Waals surface area contributed by atoms with Gasteiger partial charge in [0.1, 0.15) is 5.69 Å². The molecule has 4 heteroatoms. The number of hydrogen-bond donors (Lipinski definition) is 2. The zero-order valence-electron chi connectivity index (χ0n) is 11.2. The number of carbonyl (C=O) groups is 1. The van der Waals surface area contributed by atoms with Crippen LogP contribution in [0.25, 0.3) is 0 Å². The Balaban J connectivity index is 2.62. The monoisotopic (exact) mass is 250 g/mol. The van der Waals surface area contributed by atoms with Gasteiger partial charge in [-0.05, 0) is 18.9 Å². The molecule has 4 nitrogen and oxygen atoms in total. The van der Waals surface area contributed by atoms with Crippen LogP contribution < -0.4 is 10.9 Å². The SMILES string of the molecule is CCCCC(CCC)NC(=O)c1cccc(=O)[nH]1. The first-order valence-electron chi connectivity index (χ1n) is 6.67. The molecule has 1 rings (SSSR count). The van der Waals surface area contributed by atoms with Crippen LogP contribution >= 0.6 is 0 Å². The molecule has 2 N–H and O–H groups in total. The molecule has 1 amide bonds. The number of H-pyrrole nitrogens is 1. The van der Waals surface area contributed by atoms with Crippen LogP contribution in [-0.2, 0) is 0 Å². The zero-order valence-corrected chi connectivity index (χ0v) is 11.2. The molecule has 1 atom stereocenters. The highest BCUT2D eigenvalue weighted by Crippen LogP contribution is 2.07. The van der Waals surface area contributed by atoms with Crippen LogP contribution in [0.1, 0.15) is 56.4 Å². The van der Waals surface area contributed by atoms with E-state index in [1.165, 1.54) is 6.07 Å². The van der Waals surface area contributed by atoms with E-state index in [4.69, 9.17) is 0 Å². The van der Waals surface area contributed by atoms with Gasteiger partial charge in [-0.1, -0.05) is 39.2 Å². The van der Waals surface area contributed by atoms with E-state index in [0.717, 1.165) is 32.1 Å². The Labute approximate surface area is 108 Å². The molecule has 0 aliphatic rings. The molecule has 1 aromatic heterocycles. The van der Waals surface area contributed by atoms with E-state index < -0.39 is 0 Å². The normalized spacial score (nSPS) is 12.1. The highest BCUT2D eigenvalue weighted by Gasteiger charge is 2.13. The second-order valence-corrected chi connectivity index (χ2v) is 4.53. The summed E-state index contributed by atoms with van der Waals surface area (Å²) in [5.74, 6) is -0.192. The molecule has 0 saturated carbocycles. The summed E-state index contributed by atoms with van der Waals surface area (Å²) < 4.78 is 0. The number of unbranched alkanes of at least 4 members (excludes halogenated alkanes) is 1. The van der Waals surface area contributed by atoms with Crippen LogP contribution in [0.5, 0.6) is 0 Å². The summed E-state index contributed by atoms with van der Waals surface area (Å²) in [6.07, 6.45) is 5.24. The van der Waals surface area contributed by atoms with Gasteiger partial charge >= 0.3 is 0 Å². The lowest BCUT2D eigenvalue weighted by molar-refractivity contribution is 0.0927. The molecule has 0 fully saturated rings. The Kier molecular flexibility index (Phi) is 6.19. The average molecular weight is 250 g/mol. The summed E-state index contributed by atoms with van der Waals surface area (Å²) in [4.78, 5) is 25.6. The number of nitrogens with one attached hydrogen (secondary N) is 2. The minimum absolute atomic E-state index is 0.192.